The lowest BCUT2D eigenvalue weighted by molar-refractivity contribution is -0.122. The van der Waals surface area contributed by atoms with Crippen LogP contribution in [0, 0.1) is 0 Å². The molecule has 0 spiro atoms. The summed E-state index contributed by atoms with van der Waals surface area (Å²) in [5.41, 5.74) is 10.3. The number of carbonyl (C=O) groups is 3. The van der Waals surface area contributed by atoms with Gasteiger partial charge in [0.15, 0.2) is 0 Å². The van der Waals surface area contributed by atoms with Crippen molar-refractivity contribution in [2.24, 2.45) is 5.73 Å². The highest BCUT2D eigenvalue weighted by molar-refractivity contribution is 6.30. The van der Waals surface area contributed by atoms with E-state index in [4.69, 9.17) is 22.1 Å². The summed E-state index contributed by atoms with van der Waals surface area (Å²) in [4.78, 5) is 41.5. The van der Waals surface area contributed by atoms with E-state index in [1.54, 1.807) is 37.7 Å². The molecule has 11 heteroatoms. The van der Waals surface area contributed by atoms with Gasteiger partial charge in [-0.15, -0.1) is 0 Å². The third-order valence-electron chi connectivity index (χ3n) is 7.64. The number of imidazole rings is 1. The van der Waals surface area contributed by atoms with Crippen molar-refractivity contribution in [3.05, 3.63) is 124 Å². The Morgan fingerprint density at radius 3 is 2.58 bits per heavy atom. The van der Waals surface area contributed by atoms with Crippen molar-refractivity contribution in [3.63, 3.8) is 0 Å². The molecule has 0 saturated carbocycles. The predicted molar refractivity (Wildman–Crippen MR) is 173 cm³/mol. The lowest BCUT2D eigenvalue weighted by Crippen LogP contribution is -2.47. The van der Waals surface area contributed by atoms with E-state index >= 15 is 0 Å². The lowest BCUT2D eigenvalue weighted by atomic mass is 9.96. The van der Waals surface area contributed by atoms with E-state index in [2.05, 4.69) is 25.5 Å². The van der Waals surface area contributed by atoms with Crippen LogP contribution in [0.2, 0.25) is 5.02 Å². The minimum Gasteiger partial charge on any atom is -0.492 e. The molecule has 0 bridgehead atoms. The highest BCUT2D eigenvalue weighted by Gasteiger charge is 2.28. The summed E-state index contributed by atoms with van der Waals surface area (Å²) in [7, 11) is 1.54. The summed E-state index contributed by atoms with van der Waals surface area (Å²) in [6.07, 6.45) is 7.69. The summed E-state index contributed by atoms with van der Waals surface area (Å²) in [6.45, 7) is 1.63. The zero-order chi connectivity index (χ0) is 31.8. The van der Waals surface area contributed by atoms with E-state index in [9.17, 15) is 14.4 Å². The van der Waals surface area contributed by atoms with Crippen molar-refractivity contribution in [3.8, 4) is 5.75 Å². The number of ether oxygens (including phenoxy) is 1. The van der Waals surface area contributed by atoms with Crippen LogP contribution in [0.15, 0.2) is 85.3 Å². The molecule has 232 valence electrons. The second-order valence-corrected chi connectivity index (χ2v) is 11.2. The van der Waals surface area contributed by atoms with Crippen LogP contribution in [-0.4, -0.2) is 47.0 Å². The smallest absolute Gasteiger partial charge is 0.255 e. The molecule has 1 aliphatic heterocycles. The number of rotatable bonds is 12. The summed E-state index contributed by atoms with van der Waals surface area (Å²) < 4.78 is 8.10. The number of aromatic nitrogens is 2. The van der Waals surface area contributed by atoms with Crippen LogP contribution in [0.4, 0.5) is 0 Å². The first-order valence-corrected chi connectivity index (χ1v) is 15.0. The van der Waals surface area contributed by atoms with E-state index in [-0.39, 0.29) is 17.9 Å². The van der Waals surface area contributed by atoms with Gasteiger partial charge in [-0.2, -0.15) is 0 Å². The average molecular weight is 627 g/mol. The number of amides is 3. The van der Waals surface area contributed by atoms with Gasteiger partial charge in [-0.3, -0.25) is 14.4 Å². The maximum atomic E-state index is 13.5. The van der Waals surface area contributed by atoms with Crippen LogP contribution >= 0.6 is 11.6 Å². The Morgan fingerprint density at radius 2 is 1.84 bits per heavy atom. The molecule has 0 radical (unpaired) electrons. The van der Waals surface area contributed by atoms with Gasteiger partial charge in [0.25, 0.3) is 5.91 Å². The second-order valence-electron chi connectivity index (χ2n) is 10.8. The minimum atomic E-state index is -0.778. The molecule has 1 aliphatic rings. The number of hydrogen-bond donors (Lipinski definition) is 4. The summed E-state index contributed by atoms with van der Waals surface area (Å²) in [5, 5.41) is 9.74. The standard InChI is InChI=1S/C34H35ClN6O4/c1-37-34(44)30(17-23-9-12-25(35)13-10-23)40-33(43)28-4-2-3-27-29(15-16-45-32(27)28)39-19-26-18-38-21-41(26)20-24-7-5-22(6-8-24)11-14-31(36)42/h2-14,18,21,29-30,39H,15-17,19-20H2,1H3,(H2,36,42)(H,37,44)(H,40,43)/b14-11+/t29?,30-/m1/s1. The third-order valence-corrected chi connectivity index (χ3v) is 7.89. The highest BCUT2D eigenvalue weighted by Crippen LogP contribution is 2.35. The number of fused-ring (bicyclic) bond motifs is 1. The Balaban J connectivity index is 1.25. The fourth-order valence-electron chi connectivity index (χ4n) is 5.27. The van der Waals surface area contributed by atoms with Gasteiger partial charge in [0.05, 0.1) is 24.2 Å². The first-order chi connectivity index (χ1) is 21.8. The molecule has 0 aliphatic carbocycles. The zero-order valence-corrected chi connectivity index (χ0v) is 25.6. The molecular weight excluding hydrogens is 592 g/mol. The SMILES string of the molecule is CNC(=O)[C@@H](Cc1ccc(Cl)cc1)NC(=O)c1cccc2c1OCCC2NCc1cncn1Cc1ccc(/C=C/C(N)=O)cc1. The van der Waals surface area contributed by atoms with Gasteiger partial charge < -0.3 is 31.0 Å². The molecule has 0 fully saturated rings. The van der Waals surface area contributed by atoms with Crippen molar-refractivity contribution in [1.29, 1.82) is 0 Å². The van der Waals surface area contributed by atoms with Crippen LogP contribution in [0.3, 0.4) is 0 Å². The molecule has 5 N–H and O–H groups in total. The van der Waals surface area contributed by atoms with Crippen LogP contribution in [0.5, 0.6) is 5.75 Å². The van der Waals surface area contributed by atoms with E-state index in [1.165, 1.54) is 6.08 Å². The number of primary amides is 1. The first-order valence-electron chi connectivity index (χ1n) is 14.6. The van der Waals surface area contributed by atoms with Crippen molar-refractivity contribution in [1.82, 2.24) is 25.5 Å². The van der Waals surface area contributed by atoms with Crippen LogP contribution in [0.25, 0.3) is 6.08 Å². The molecule has 1 unspecified atom stereocenters. The summed E-state index contributed by atoms with van der Waals surface area (Å²) in [6, 6.07) is 19.7. The van der Waals surface area contributed by atoms with E-state index in [1.807, 2.05) is 54.7 Å². The molecule has 2 atom stereocenters. The number of para-hydroxylation sites is 1. The van der Waals surface area contributed by atoms with Gasteiger partial charge in [-0.25, -0.2) is 4.98 Å². The molecule has 4 aromatic rings. The van der Waals surface area contributed by atoms with Crippen molar-refractivity contribution in [2.75, 3.05) is 13.7 Å². The minimum absolute atomic E-state index is 0.0509. The molecule has 10 nitrogen and oxygen atoms in total. The van der Waals surface area contributed by atoms with Gasteiger partial charge in [-0.1, -0.05) is 60.1 Å². The van der Waals surface area contributed by atoms with Gasteiger partial charge in [0.2, 0.25) is 11.8 Å². The van der Waals surface area contributed by atoms with Crippen molar-refractivity contribution < 1.29 is 19.1 Å². The molecule has 45 heavy (non-hydrogen) atoms. The zero-order valence-electron chi connectivity index (χ0n) is 24.8. The molecule has 3 amide bonds. The number of hydrogen-bond acceptors (Lipinski definition) is 6. The van der Waals surface area contributed by atoms with Gasteiger partial charge in [0, 0.05) is 61.9 Å². The molecule has 2 heterocycles. The molecule has 1 aromatic heterocycles. The Bertz CT molecular complexity index is 1680. The Labute approximate surface area is 266 Å². The highest BCUT2D eigenvalue weighted by atomic mass is 35.5. The van der Waals surface area contributed by atoms with E-state index < -0.39 is 11.9 Å². The molecule has 5 rings (SSSR count). The normalized spacial score (nSPS) is 14.8. The van der Waals surface area contributed by atoms with Gasteiger partial charge in [-0.05, 0) is 41.0 Å². The fourth-order valence-corrected chi connectivity index (χ4v) is 5.39. The van der Waals surface area contributed by atoms with Gasteiger partial charge in [0.1, 0.15) is 11.8 Å². The summed E-state index contributed by atoms with van der Waals surface area (Å²) >= 11 is 6.01. The molecule has 3 aromatic carbocycles. The number of nitrogens with zero attached hydrogens (tertiary/aromatic N) is 2. The summed E-state index contributed by atoms with van der Waals surface area (Å²) in [5.74, 6) is -0.652. The van der Waals surface area contributed by atoms with Crippen molar-refractivity contribution >= 4 is 35.4 Å². The first kappa shape index (κ1) is 31.5. The largest absolute Gasteiger partial charge is 0.492 e. The molecular formula is C34H35ClN6O4. The Hall–Kier alpha value is -4.93. The van der Waals surface area contributed by atoms with Crippen molar-refractivity contribution in [2.45, 2.75) is 38.0 Å². The maximum Gasteiger partial charge on any atom is 0.255 e. The second kappa shape index (κ2) is 14.7. The monoisotopic (exact) mass is 626 g/mol. The maximum absolute atomic E-state index is 13.5. The number of carbonyl (C=O) groups excluding carboxylic acids is 3. The fraction of sp³-hybridized carbons (Fsp3) is 0.235. The molecule has 0 saturated heterocycles. The number of nitrogens with one attached hydrogen (secondary N) is 3. The Kier molecular flexibility index (Phi) is 10.3. The van der Waals surface area contributed by atoms with Gasteiger partial charge >= 0.3 is 0 Å². The van der Waals surface area contributed by atoms with E-state index in [0.717, 1.165) is 34.4 Å². The topological polar surface area (TPSA) is 140 Å². The number of likely N-dealkylation sites (N-methyl/N-ethyl adjacent to an activating group) is 1. The number of benzene rings is 3. The number of nitrogens with two attached hydrogens (primary N) is 1. The quantitative estimate of drug-likeness (QED) is 0.177. The van der Waals surface area contributed by atoms with Crippen LogP contribution in [-0.2, 0) is 29.1 Å². The van der Waals surface area contributed by atoms with E-state index in [0.29, 0.717) is 42.5 Å². The average Bonchev–Trinajstić information content (AvgIpc) is 3.49. The third kappa shape index (κ3) is 8.17. The van der Waals surface area contributed by atoms with Crippen LogP contribution < -0.4 is 26.4 Å². The Morgan fingerprint density at radius 1 is 1.09 bits per heavy atom. The van der Waals surface area contributed by atoms with Crippen LogP contribution in [0.1, 0.15) is 50.8 Å². The number of halogens is 1. The lowest BCUT2D eigenvalue weighted by Gasteiger charge is -2.28. The predicted octanol–water partition coefficient (Wildman–Crippen LogP) is 3.78.